The predicted molar refractivity (Wildman–Crippen MR) is 43.7 cm³/mol. The molecule has 0 aliphatic heterocycles. The third-order valence-corrected chi connectivity index (χ3v) is 1.47. The first-order valence-corrected chi connectivity index (χ1v) is 3.41. The molecule has 1 rings (SSSR count). The van der Waals surface area contributed by atoms with Gasteiger partial charge in [0.1, 0.15) is 7.85 Å². The fourth-order valence-electron chi connectivity index (χ4n) is 0.825. The highest BCUT2D eigenvalue weighted by molar-refractivity contribution is 6.30. The lowest BCUT2D eigenvalue weighted by Gasteiger charge is -2.04. The molecule has 1 heterocycles. The monoisotopic (exact) mass is 131 g/mol. The van der Waals surface area contributed by atoms with Crippen molar-refractivity contribution < 1.29 is 0 Å². The summed E-state index contributed by atoms with van der Waals surface area (Å²) in [5.41, 5.74) is 1.85. The lowest BCUT2D eigenvalue weighted by Crippen LogP contribution is -2.08. The second-order valence-corrected chi connectivity index (χ2v) is 2.67. The third-order valence-electron chi connectivity index (χ3n) is 1.47. The Balaban J connectivity index is 2.96. The van der Waals surface area contributed by atoms with Crippen molar-refractivity contribution in [3.63, 3.8) is 0 Å². The molecule has 0 N–H and O–H groups in total. The minimum atomic E-state index is 0.533. The minimum Gasteiger partial charge on any atom is -0.273 e. The average molecular weight is 131 g/mol. The van der Waals surface area contributed by atoms with E-state index in [1.165, 1.54) is 5.56 Å². The molecule has 0 spiro atoms. The topological polar surface area (TPSA) is 12.9 Å². The maximum Gasteiger partial charge on any atom is 0.141 e. The zero-order valence-electron chi connectivity index (χ0n) is 6.33. The van der Waals surface area contributed by atoms with Gasteiger partial charge in [-0.3, -0.25) is 4.98 Å². The van der Waals surface area contributed by atoms with Crippen molar-refractivity contribution in [2.24, 2.45) is 0 Å². The molecule has 0 aliphatic carbocycles. The van der Waals surface area contributed by atoms with E-state index >= 15 is 0 Å². The second kappa shape index (κ2) is 2.87. The van der Waals surface area contributed by atoms with Crippen molar-refractivity contribution in [1.82, 2.24) is 4.98 Å². The first kappa shape index (κ1) is 7.32. The van der Waals surface area contributed by atoms with Crippen LogP contribution in [0.25, 0.3) is 0 Å². The summed E-state index contributed by atoms with van der Waals surface area (Å²) in [6.07, 6.45) is 1.74. The van der Waals surface area contributed by atoms with E-state index < -0.39 is 0 Å². The van der Waals surface area contributed by atoms with E-state index in [0.717, 1.165) is 0 Å². The van der Waals surface area contributed by atoms with Crippen LogP contribution in [0, 0.1) is 0 Å². The summed E-state index contributed by atoms with van der Waals surface area (Å²) < 4.78 is 0. The van der Waals surface area contributed by atoms with E-state index in [1.807, 2.05) is 12.1 Å². The van der Waals surface area contributed by atoms with Gasteiger partial charge in [0.25, 0.3) is 0 Å². The smallest absolute Gasteiger partial charge is 0.141 e. The van der Waals surface area contributed by atoms with Gasteiger partial charge < -0.3 is 0 Å². The van der Waals surface area contributed by atoms with Crippen molar-refractivity contribution in [2.45, 2.75) is 19.8 Å². The summed E-state index contributed by atoms with van der Waals surface area (Å²) in [6, 6.07) is 3.89. The van der Waals surface area contributed by atoms with Crippen LogP contribution in [0.15, 0.2) is 18.3 Å². The van der Waals surface area contributed by atoms with Crippen LogP contribution in [0.4, 0.5) is 0 Å². The maximum absolute atomic E-state index is 5.49. The molecule has 0 saturated heterocycles. The number of nitrogens with zero attached hydrogens (tertiary/aromatic N) is 1. The number of rotatable bonds is 1. The summed E-state index contributed by atoms with van der Waals surface area (Å²) >= 11 is 0. The molecule has 0 bridgehead atoms. The summed E-state index contributed by atoms with van der Waals surface area (Å²) in [7, 11) is 5.49. The van der Waals surface area contributed by atoms with E-state index in [0.29, 0.717) is 11.5 Å². The van der Waals surface area contributed by atoms with Crippen LogP contribution < -0.4 is 5.59 Å². The average Bonchev–Trinajstić information content (AvgIpc) is 1.88. The predicted octanol–water partition coefficient (Wildman–Crippen LogP) is 0.999. The molecule has 50 valence electrons. The van der Waals surface area contributed by atoms with Crippen molar-refractivity contribution >= 4 is 13.4 Å². The van der Waals surface area contributed by atoms with E-state index in [1.54, 1.807) is 6.20 Å². The normalized spacial score (nSPS) is 10.3. The van der Waals surface area contributed by atoms with Crippen molar-refractivity contribution in [2.75, 3.05) is 0 Å². The number of aromatic nitrogens is 1. The lowest BCUT2D eigenvalue weighted by atomic mass is 9.97. The zero-order chi connectivity index (χ0) is 7.56. The molecule has 0 aliphatic rings. The Morgan fingerprint density at radius 3 is 2.60 bits per heavy atom. The van der Waals surface area contributed by atoms with E-state index in [9.17, 15) is 0 Å². The lowest BCUT2D eigenvalue weighted by molar-refractivity contribution is 0.865. The van der Waals surface area contributed by atoms with Crippen LogP contribution >= 0.6 is 0 Å². The molecule has 1 aromatic rings. The van der Waals surface area contributed by atoms with Gasteiger partial charge in [0.05, 0.1) is 0 Å². The van der Waals surface area contributed by atoms with Gasteiger partial charge in [-0.05, 0) is 29.2 Å². The first-order valence-electron chi connectivity index (χ1n) is 3.41. The molecule has 0 unspecified atom stereocenters. The SMILES string of the molecule is [B]c1cc(C(C)C)ccn1. The largest absolute Gasteiger partial charge is 0.273 e. The number of hydrogen-bond acceptors (Lipinski definition) is 1. The molecule has 1 aromatic heterocycles. The number of hydrogen-bond donors (Lipinski definition) is 0. The molecule has 0 saturated carbocycles. The molecule has 10 heavy (non-hydrogen) atoms. The Hall–Kier alpha value is -0.785. The van der Waals surface area contributed by atoms with E-state index in [2.05, 4.69) is 18.8 Å². The molecule has 2 radical (unpaired) electrons. The molecule has 0 atom stereocenters. The zero-order valence-corrected chi connectivity index (χ0v) is 6.33. The molecule has 2 heteroatoms. The fourth-order valence-corrected chi connectivity index (χ4v) is 0.825. The second-order valence-electron chi connectivity index (χ2n) is 2.67. The molecule has 1 nitrogen and oxygen atoms in total. The summed E-state index contributed by atoms with van der Waals surface area (Å²) in [4.78, 5) is 3.90. The van der Waals surface area contributed by atoms with Crippen LogP contribution in [0.1, 0.15) is 25.3 Å². The van der Waals surface area contributed by atoms with Crippen LogP contribution in [-0.2, 0) is 0 Å². The number of pyridine rings is 1. The Kier molecular flexibility index (Phi) is 2.10. The van der Waals surface area contributed by atoms with Crippen molar-refractivity contribution in [3.8, 4) is 0 Å². The third kappa shape index (κ3) is 1.60. The highest BCUT2D eigenvalue weighted by Crippen LogP contribution is 2.09. The van der Waals surface area contributed by atoms with Gasteiger partial charge >= 0.3 is 0 Å². The van der Waals surface area contributed by atoms with Gasteiger partial charge in [-0.15, -0.1) is 0 Å². The Bertz CT molecular complexity index is 220. The van der Waals surface area contributed by atoms with Gasteiger partial charge in [0.2, 0.25) is 0 Å². The maximum atomic E-state index is 5.49. The molecule has 0 fully saturated rings. The summed E-state index contributed by atoms with van der Waals surface area (Å²) in [5, 5.41) is 0. The van der Waals surface area contributed by atoms with Gasteiger partial charge in [-0.25, -0.2) is 0 Å². The molecule has 0 amide bonds. The van der Waals surface area contributed by atoms with Crippen LogP contribution in [-0.4, -0.2) is 12.8 Å². The Labute approximate surface area is 62.9 Å². The van der Waals surface area contributed by atoms with E-state index in [-0.39, 0.29) is 0 Å². The summed E-state index contributed by atoms with van der Waals surface area (Å²) in [5.74, 6) is 0.533. The fraction of sp³-hybridized carbons (Fsp3) is 0.375. The van der Waals surface area contributed by atoms with Gasteiger partial charge in [-0.2, -0.15) is 0 Å². The van der Waals surface area contributed by atoms with Gasteiger partial charge in [0.15, 0.2) is 0 Å². The first-order chi connectivity index (χ1) is 4.70. The minimum absolute atomic E-state index is 0.533. The molecule has 0 aromatic carbocycles. The summed E-state index contributed by atoms with van der Waals surface area (Å²) in [6.45, 7) is 4.27. The Morgan fingerprint density at radius 2 is 2.20 bits per heavy atom. The van der Waals surface area contributed by atoms with Gasteiger partial charge in [0, 0.05) is 6.20 Å². The van der Waals surface area contributed by atoms with Gasteiger partial charge in [-0.1, -0.05) is 13.8 Å². The quantitative estimate of drug-likeness (QED) is 0.518. The standard InChI is InChI=1S/C8H10BN/c1-6(2)7-3-4-10-8(9)5-7/h3-6H,1-2H3. The molecular formula is C8H10BN. The molecular weight excluding hydrogens is 121 g/mol. The van der Waals surface area contributed by atoms with Crippen LogP contribution in [0.3, 0.4) is 0 Å². The van der Waals surface area contributed by atoms with Crippen molar-refractivity contribution in [1.29, 1.82) is 0 Å². The Morgan fingerprint density at radius 1 is 1.50 bits per heavy atom. The highest BCUT2D eigenvalue weighted by atomic mass is 14.6. The van der Waals surface area contributed by atoms with Crippen LogP contribution in [0.2, 0.25) is 0 Å². The van der Waals surface area contributed by atoms with E-state index in [4.69, 9.17) is 7.85 Å². The van der Waals surface area contributed by atoms with Crippen LogP contribution in [0.5, 0.6) is 0 Å². The van der Waals surface area contributed by atoms with Crippen molar-refractivity contribution in [3.05, 3.63) is 23.9 Å². The highest BCUT2D eigenvalue weighted by Gasteiger charge is 1.96.